The predicted octanol–water partition coefficient (Wildman–Crippen LogP) is 2.53. The first-order valence-corrected chi connectivity index (χ1v) is 9.34. The third kappa shape index (κ3) is 4.11. The molecule has 0 spiro atoms. The van der Waals surface area contributed by atoms with Crippen LogP contribution in [0.25, 0.3) is 0 Å². The standard InChI is InChI=1S/C20H28N2O4/c1-13(17-11-16(25-2)8-9-18(17)26-3)21-19(23)15-5-4-10-22(12-15)20(24)14-6-7-14/h8-9,11,13-15H,4-7,10,12H2,1-3H3,(H,21,23). The van der Waals surface area contributed by atoms with Crippen LogP contribution < -0.4 is 14.8 Å². The van der Waals surface area contributed by atoms with Crippen LogP contribution in [0.15, 0.2) is 18.2 Å². The number of likely N-dealkylation sites (tertiary alicyclic amines) is 1. The number of benzene rings is 1. The van der Waals surface area contributed by atoms with Gasteiger partial charge in [-0.3, -0.25) is 9.59 Å². The number of rotatable bonds is 6. The molecule has 0 aromatic heterocycles. The van der Waals surface area contributed by atoms with Crippen molar-refractivity contribution < 1.29 is 19.1 Å². The van der Waals surface area contributed by atoms with Crippen LogP contribution in [-0.4, -0.2) is 44.0 Å². The van der Waals surface area contributed by atoms with E-state index in [1.807, 2.05) is 30.0 Å². The summed E-state index contributed by atoms with van der Waals surface area (Å²) in [6, 6.07) is 5.35. The molecule has 1 aromatic rings. The van der Waals surface area contributed by atoms with Gasteiger partial charge in [0.15, 0.2) is 0 Å². The number of carbonyl (C=O) groups is 2. The molecule has 1 saturated carbocycles. The van der Waals surface area contributed by atoms with Crippen LogP contribution in [0, 0.1) is 11.8 Å². The van der Waals surface area contributed by atoms with Crippen molar-refractivity contribution in [3.8, 4) is 11.5 Å². The maximum atomic E-state index is 12.8. The molecule has 1 N–H and O–H groups in total. The zero-order valence-corrected chi connectivity index (χ0v) is 15.8. The van der Waals surface area contributed by atoms with E-state index < -0.39 is 0 Å². The van der Waals surface area contributed by atoms with Crippen molar-refractivity contribution in [2.45, 2.75) is 38.6 Å². The van der Waals surface area contributed by atoms with E-state index in [0.29, 0.717) is 12.3 Å². The quantitative estimate of drug-likeness (QED) is 0.846. The lowest BCUT2D eigenvalue weighted by atomic mass is 9.96. The van der Waals surface area contributed by atoms with Crippen molar-refractivity contribution in [3.63, 3.8) is 0 Å². The van der Waals surface area contributed by atoms with Gasteiger partial charge in [-0.1, -0.05) is 0 Å². The molecule has 2 aliphatic rings. The number of hydrogen-bond donors (Lipinski definition) is 1. The Morgan fingerprint density at radius 3 is 2.58 bits per heavy atom. The van der Waals surface area contributed by atoms with E-state index in [2.05, 4.69) is 5.32 Å². The molecule has 0 radical (unpaired) electrons. The monoisotopic (exact) mass is 360 g/mol. The van der Waals surface area contributed by atoms with Gasteiger partial charge in [-0.25, -0.2) is 0 Å². The molecule has 0 bridgehead atoms. The molecule has 26 heavy (non-hydrogen) atoms. The summed E-state index contributed by atoms with van der Waals surface area (Å²) in [6.45, 7) is 3.24. The molecule has 2 atom stereocenters. The lowest BCUT2D eigenvalue weighted by Gasteiger charge is -2.33. The second-order valence-corrected chi connectivity index (χ2v) is 7.24. The van der Waals surface area contributed by atoms with Crippen molar-refractivity contribution in [1.82, 2.24) is 10.2 Å². The minimum Gasteiger partial charge on any atom is -0.497 e. The van der Waals surface area contributed by atoms with Gasteiger partial charge in [0.25, 0.3) is 0 Å². The fourth-order valence-electron chi connectivity index (χ4n) is 3.57. The van der Waals surface area contributed by atoms with Gasteiger partial charge in [-0.15, -0.1) is 0 Å². The Labute approximate surface area is 154 Å². The predicted molar refractivity (Wildman–Crippen MR) is 98.1 cm³/mol. The molecule has 3 rings (SSSR count). The van der Waals surface area contributed by atoms with Crippen LogP contribution >= 0.6 is 0 Å². The maximum Gasteiger partial charge on any atom is 0.225 e. The summed E-state index contributed by atoms with van der Waals surface area (Å²) in [5, 5.41) is 3.08. The summed E-state index contributed by atoms with van der Waals surface area (Å²) in [4.78, 5) is 26.9. The van der Waals surface area contributed by atoms with Crippen molar-refractivity contribution >= 4 is 11.8 Å². The molecule has 6 nitrogen and oxygen atoms in total. The average Bonchev–Trinajstić information content (AvgIpc) is 3.52. The number of carbonyl (C=O) groups excluding carboxylic acids is 2. The Morgan fingerprint density at radius 2 is 1.92 bits per heavy atom. The van der Waals surface area contributed by atoms with Crippen LogP contribution in [0.4, 0.5) is 0 Å². The van der Waals surface area contributed by atoms with E-state index in [-0.39, 0.29) is 29.7 Å². The second-order valence-electron chi connectivity index (χ2n) is 7.24. The largest absolute Gasteiger partial charge is 0.497 e. The Bertz CT molecular complexity index is 672. The van der Waals surface area contributed by atoms with Gasteiger partial charge in [0.2, 0.25) is 11.8 Å². The molecule has 2 fully saturated rings. The lowest BCUT2D eigenvalue weighted by Crippen LogP contribution is -2.46. The number of nitrogens with one attached hydrogen (secondary N) is 1. The van der Waals surface area contributed by atoms with Gasteiger partial charge >= 0.3 is 0 Å². The van der Waals surface area contributed by atoms with E-state index in [1.165, 1.54) is 0 Å². The molecule has 1 aliphatic carbocycles. The molecule has 1 saturated heterocycles. The van der Waals surface area contributed by atoms with E-state index in [1.54, 1.807) is 14.2 Å². The van der Waals surface area contributed by atoms with E-state index in [9.17, 15) is 9.59 Å². The van der Waals surface area contributed by atoms with E-state index >= 15 is 0 Å². The molecule has 2 amide bonds. The molecule has 142 valence electrons. The maximum absolute atomic E-state index is 12.8. The number of amides is 2. The fraction of sp³-hybridized carbons (Fsp3) is 0.600. The normalized spacial score (nSPS) is 21.0. The number of nitrogens with zero attached hydrogens (tertiary/aromatic N) is 1. The van der Waals surface area contributed by atoms with Crippen LogP contribution in [-0.2, 0) is 9.59 Å². The van der Waals surface area contributed by atoms with Crippen molar-refractivity contribution in [3.05, 3.63) is 23.8 Å². The van der Waals surface area contributed by atoms with Crippen LogP contribution in [0.2, 0.25) is 0 Å². The summed E-state index contributed by atoms with van der Waals surface area (Å²) >= 11 is 0. The summed E-state index contributed by atoms with van der Waals surface area (Å²) < 4.78 is 10.7. The minimum absolute atomic E-state index is 0.00401. The van der Waals surface area contributed by atoms with Gasteiger partial charge in [0, 0.05) is 24.6 Å². The molecule has 1 aromatic carbocycles. The highest BCUT2D eigenvalue weighted by molar-refractivity contribution is 5.83. The molecule has 1 aliphatic heterocycles. The first-order valence-electron chi connectivity index (χ1n) is 9.34. The van der Waals surface area contributed by atoms with Crippen LogP contribution in [0.3, 0.4) is 0 Å². The van der Waals surface area contributed by atoms with Crippen LogP contribution in [0.5, 0.6) is 11.5 Å². The molecule has 6 heteroatoms. The topological polar surface area (TPSA) is 67.9 Å². The Morgan fingerprint density at radius 1 is 1.15 bits per heavy atom. The third-order valence-corrected chi connectivity index (χ3v) is 5.29. The SMILES string of the molecule is COc1ccc(OC)c(C(C)NC(=O)C2CCCN(C(=O)C3CC3)C2)c1. The summed E-state index contributed by atoms with van der Waals surface area (Å²) in [5.74, 6) is 1.72. The van der Waals surface area contributed by atoms with Gasteiger partial charge in [0.1, 0.15) is 11.5 Å². The summed E-state index contributed by atoms with van der Waals surface area (Å²) in [6.07, 6.45) is 3.70. The number of piperidine rings is 1. The van der Waals surface area contributed by atoms with Crippen molar-refractivity contribution in [2.75, 3.05) is 27.3 Å². The van der Waals surface area contributed by atoms with E-state index in [4.69, 9.17) is 9.47 Å². The third-order valence-electron chi connectivity index (χ3n) is 5.29. The zero-order valence-electron chi connectivity index (χ0n) is 15.8. The lowest BCUT2D eigenvalue weighted by molar-refractivity contribution is -0.137. The van der Waals surface area contributed by atoms with Gasteiger partial charge in [-0.2, -0.15) is 0 Å². The van der Waals surface area contributed by atoms with E-state index in [0.717, 1.165) is 43.5 Å². The first kappa shape index (κ1) is 18.5. The van der Waals surface area contributed by atoms with Crippen molar-refractivity contribution in [1.29, 1.82) is 0 Å². The summed E-state index contributed by atoms with van der Waals surface area (Å²) in [5.41, 5.74) is 0.877. The van der Waals surface area contributed by atoms with Crippen LogP contribution in [0.1, 0.15) is 44.2 Å². The van der Waals surface area contributed by atoms with Gasteiger partial charge in [-0.05, 0) is 50.8 Å². The number of hydrogen-bond acceptors (Lipinski definition) is 4. The fourth-order valence-corrected chi connectivity index (χ4v) is 3.57. The van der Waals surface area contributed by atoms with Gasteiger partial charge in [0.05, 0.1) is 26.2 Å². The Hall–Kier alpha value is -2.24. The Balaban J connectivity index is 1.64. The van der Waals surface area contributed by atoms with Gasteiger partial charge < -0.3 is 19.7 Å². The molecular formula is C20H28N2O4. The highest BCUT2D eigenvalue weighted by Gasteiger charge is 2.37. The highest BCUT2D eigenvalue weighted by atomic mass is 16.5. The summed E-state index contributed by atoms with van der Waals surface area (Å²) in [7, 11) is 3.23. The molecule has 1 heterocycles. The average molecular weight is 360 g/mol. The Kier molecular flexibility index (Phi) is 5.69. The molecule has 2 unspecified atom stereocenters. The minimum atomic E-state index is -0.206. The highest BCUT2D eigenvalue weighted by Crippen LogP contribution is 2.33. The first-order chi connectivity index (χ1) is 12.5. The van der Waals surface area contributed by atoms with Crippen molar-refractivity contribution in [2.24, 2.45) is 11.8 Å². The second kappa shape index (κ2) is 7.98. The molecular weight excluding hydrogens is 332 g/mol. The zero-order chi connectivity index (χ0) is 18.7. The number of ether oxygens (including phenoxy) is 2. The smallest absolute Gasteiger partial charge is 0.225 e. The number of methoxy groups -OCH3 is 2.